The third-order valence-electron chi connectivity index (χ3n) is 2.17. The summed E-state index contributed by atoms with van der Waals surface area (Å²) in [7, 11) is 0. The van der Waals surface area contributed by atoms with E-state index in [0.29, 0.717) is 5.56 Å². The molecule has 0 heterocycles. The summed E-state index contributed by atoms with van der Waals surface area (Å²) in [6, 6.07) is 4.88. The summed E-state index contributed by atoms with van der Waals surface area (Å²) in [5, 5.41) is 0. The molecule has 1 aromatic carbocycles. The summed E-state index contributed by atoms with van der Waals surface area (Å²) in [6.45, 7) is 3.78. The van der Waals surface area contributed by atoms with Gasteiger partial charge >= 0.3 is 6.18 Å². The molecule has 0 bridgehead atoms. The van der Waals surface area contributed by atoms with Gasteiger partial charge in [-0.15, -0.1) is 0 Å². The fourth-order valence-corrected chi connectivity index (χ4v) is 2.04. The van der Waals surface area contributed by atoms with Crippen molar-refractivity contribution in [1.82, 2.24) is 0 Å². The number of alkyl halides is 4. The van der Waals surface area contributed by atoms with Crippen LogP contribution in [0.5, 0.6) is 0 Å². The zero-order valence-corrected chi connectivity index (χ0v) is 10.1. The first-order chi connectivity index (χ1) is 6.79. The average molecular weight is 281 g/mol. The zero-order valence-electron chi connectivity index (χ0n) is 8.53. The van der Waals surface area contributed by atoms with E-state index in [9.17, 15) is 13.2 Å². The van der Waals surface area contributed by atoms with Crippen molar-refractivity contribution in [3.05, 3.63) is 34.9 Å². The Morgan fingerprint density at radius 1 is 1.33 bits per heavy atom. The highest BCUT2D eigenvalue weighted by Crippen LogP contribution is 2.28. The molecular weight excluding hydrogens is 269 g/mol. The van der Waals surface area contributed by atoms with Gasteiger partial charge in [-0.2, -0.15) is 13.2 Å². The van der Waals surface area contributed by atoms with Crippen LogP contribution in [0.15, 0.2) is 18.2 Å². The van der Waals surface area contributed by atoms with Crippen molar-refractivity contribution in [1.29, 1.82) is 0 Å². The molecule has 0 saturated heterocycles. The van der Waals surface area contributed by atoms with Crippen molar-refractivity contribution in [2.75, 3.05) is 0 Å². The Labute approximate surface area is 95.6 Å². The lowest BCUT2D eigenvalue weighted by atomic mass is 10.0. The molecule has 15 heavy (non-hydrogen) atoms. The van der Waals surface area contributed by atoms with Crippen LogP contribution in [0.3, 0.4) is 0 Å². The van der Waals surface area contributed by atoms with Gasteiger partial charge in [0, 0.05) is 4.83 Å². The van der Waals surface area contributed by atoms with Gasteiger partial charge in [-0.1, -0.05) is 34.1 Å². The number of hydrogen-bond acceptors (Lipinski definition) is 0. The van der Waals surface area contributed by atoms with E-state index in [1.165, 1.54) is 6.07 Å². The molecule has 0 nitrogen and oxygen atoms in total. The molecule has 0 aliphatic rings. The third kappa shape index (κ3) is 3.86. The molecule has 1 rings (SSSR count). The number of halogens is 4. The minimum absolute atomic E-state index is 0.164. The SMILES string of the molecule is Cc1cc(CC(F)(F)F)ccc1C(C)Br. The van der Waals surface area contributed by atoms with E-state index >= 15 is 0 Å². The van der Waals surface area contributed by atoms with E-state index in [4.69, 9.17) is 0 Å². The molecule has 0 fully saturated rings. The second-order valence-electron chi connectivity index (χ2n) is 3.60. The Kier molecular flexibility index (Phi) is 3.82. The lowest BCUT2D eigenvalue weighted by molar-refractivity contribution is -0.127. The van der Waals surface area contributed by atoms with Gasteiger partial charge in [0.15, 0.2) is 0 Å². The molecule has 1 atom stereocenters. The Balaban J connectivity index is 2.92. The summed E-state index contributed by atoms with van der Waals surface area (Å²) in [4.78, 5) is 0.164. The smallest absolute Gasteiger partial charge is 0.171 e. The van der Waals surface area contributed by atoms with E-state index < -0.39 is 12.6 Å². The standard InChI is InChI=1S/C11H12BrF3/c1-7-5-9(6-11(13,14)15)3-4-10(7)8(2)12/h3-5,8H,6H2,1-2H3. The molecule has 0 aliphatic heterocycles. The molecule has 1 aromatic rings. The summed E-state index contributed by atoms with van der Waals surface area (Å²) in [6.07, 6.45) is -4.99. The molecule has 0 spiro atoms. The first-order valence-corrected chi connectivity index (χ1v) is 5.51. The Bertz CT molecular complexity index is 342. The maximum Gasteiger partial charge on any atom is 0.393 e. The van der Waals surface area contributed by atoms with Crippen molar-refractivity contribution in [3.8, 4) is 0 Å². The van der Waals surface area contributed by atoms with Crippen LogP contribution in [-0.4, -0.2) is 6.18 Å². The van der Waals surface area contributed by atoms with Crippen molar-refractivity contribution in [3.63, 3.8) is 0 Å². The van der Waals surface area contributed by atoms with Crippen molar-refractivity contribution in [2.45, 2.75) is 31.3 Å². The topological polar surface area (TPSA) is 0 Å². The Morgan fingerprint density at radius 2 is 1.93 bits per heavy atom. The minimum Gasteiger partial charge on any atom is -0.171 e. The van der Waals surface area contributed by atoms with Gasteiger partial charge < -0.3 is 0 Å². The normalized spacial score (nSPS) is 14.0. The van der Waals surface area contributed by atoms with Gasteiger partial charge in [0.25, 0.3) is 0 Å². The molecule has 0 radical (unpaired) electrons. The van der Waals surface area contributed by atoms with Crippen LogP contribution in [-0.2, 0) is 6.42 Å². The number of rotatable bonds is 2. The Hall–Kier alpha value is -0.510. The van der Waals surface area contributed by atoms with Crippen molar-refractivity contribution < 1.29 is 13.2 Å². The first-order valence-electron chi connectivity index (χ1n) is 4.60. The molecule has 4 heteroatoms. The highest BCUT2D eigenvalue weighted by atomic mass is 79.9. The van der Waals surface area contributed by atoms with Gasteiger partial charge in [0.05, 0.1) is 6.42 Å². The molecule has 0 amide bonds. The summed E-state index contributed by atoms with van der Waals surface area (Å²) in [5.41, 5.74) is 2.24. The van der Waals surface area contributed by atoms with Crippen LogP contribution < -0.4 is 0 Å². The van der Waals surface area contributed by atoms with Crippen LogP contribution in [0.1, 0.15) is 28.4 Å². The summed E-state index contributed by atoms with van der Waals surface area (Å²) in [5.74, 6) is 0. The summed E-state index contributed by atoms with van der Waals surface area (Å²) >= 11 is 3.40. The van der Waals surface area contributed by atoms with E-state index in [2.05, 4.69) is 15.9 Å². The Morgan fingerprint density at radius 3 is 2.33 bits per heavy atom. The van der Waals surface area contributed by atoms with E-state index in [0.717, 1.165) is 11.1 Å². The lowest BCUT2D eigenvalue weighted by Gasteiger charge is -2.11. The predicted octanol–water partition coefficient (Wildman–Crippen LogP) is 4.56. The fourth-order valence-electron chi connectivity index (χ4n) is 1.53. The first kappa shape index (κ1) is 12.6. The quantitative estimate of drug-likeness (QED) is 0.697. The van der Waals surface area contributed by atoms with Crippen molar-refractivity contribution in [2.24, 2.45) is 0 Å². The molecule has 0 N–H and O–H groups in total. The zero-order chi connectivity index (χ0) is 11.6. The maximum absolute atomic E-state index is 12.1. The van der Waals surface area contributed by atoms with Gasteiger partial charge in [-0.3, -0.25) is 0 Å². The molecular formula is C11H12BrF3. The molecule has 0 aliphatic carbocycles. The van der Waals surface area contributed by atoms with E-state index in [-0.39, 0.29) is 4.83 Å². The highest BCUT2D eigenvalue weighted by Gasteiger charge is 2.27. The monoisotopic (exact) mass is 280 g/mol. The van der Waals surface area contributed by atoms with Crippen LogP contribution >= 0.6 is 15.9 Å². The maximum atomic E-state index is 12.1. The average Bonchev–Trinajstić information content (AvgIpc) is 1.99. The van der Waals surface area contributed by atoms with Gasteiger partial charge in [0.1, 0.15) is 0 Å². The van der Waals surface area contributed by atoms with Gasteiger partial charge in [-0.25, -0.2) is 0 Å². The predicted molar refractivity (Wildman–Crippen MR) is 58.3 cm³/mol. The van der Waals surface area contributed by atoms with Crippen LogP contribution in [0.2, 0.25) is 0 Å². The highest BCUT2D eigenvalue weighted by molar-refractivity contribution is 9.09. The van der Waals surface area contributed by atoms with Gasteiger partial charge in [0.2, 0.25) is 0 Å². The van der Waals surface area contributed by atoms with Crippen LogP contribution in [0, 0.1) is 6.92 Å². The molecule has 1 unspecified atom stereocenters. The third-order valence-corrected chi connectivity index (χ3v) is 2.66. The second-order valence-corrected chi connectivity index (χ2v) is 4.97. The van der Waals surface area contributed by atoms with Crippen molar-refractivity contribution >= 4 is 15.9 Å². The number of aryl methyl sites for hydroxylation is 1. The molecule has 0 aromatic heterocycles. The van der Waals surface area contributed by atoms with Gasteiger partial charge in [-0.05, 0) is 30.5 Å². The minimum atomic E-state index is -4.13. The van der Waals surface area contributed by atoms with Crippen LogP contribution in [0.25, 0.3) is 0 Å². The second kappa shape index (κ2) is 4.56. The van der Waals surface area contributed by atoms with E-state index in [1.807, 2.05) is 13.8 Å². The fraction of sp³-hybridized carbons (Fsp3) is 0.455. The number of benzene rings is 1. The molecule has 0 saturated carbocycles. The summed E-state index contributed by atoms with van der Waals surface area (Å²) < 4.78 is 36.4. The van der Waals surface area contributed by atoms with E-state index in [1.54, 1.807) is 12.1 Å². The van der Waals surface area contributed by atoms with Crippen LogP contribution in [0.4, 0.5) is 13.2 Å². The number of hydrogen-bond donors (Lipinski definition) is 0. The molecule has 84 valence electrons. The lowest BCUT2D eigenvalue weighted by Crippen LogP contribution is -2.11. The largest absolute Gasteiger partial charge is 0.393 e.